The summed E-state index contributed by atoms with van der Waals surface area (Å²) in [6.07, 6.45) is 1.06. The Morgan fingerprint density at radius 2 is 1.80 bits per heavy atom. The Hall–Kier alpha value is -0.570. The van der Waals surface area contributed by atoms with Crippen LogP contribution in [0.2, 0.25) is 0 Å². The first-order valence-electron chi connectivity index (χ1n) is 5.76. The molecule has 0 aliphatic carbocycles. The van der Waals surface area contributed by atoms with Gasteiger partial charge in [0.15, 0.2) is 0 Å². The molecule has 3 nitrogen and oxygen atoms in total. The Bertz CT molecular complexity index is 208. The van der Waals surface area contributed by atoms with Crippen LogP contribution in [-0.2, 0) is 4.79 Å². The van der Waals surface area contributed by atoms with Crippen LogP contribution in [0.15, 0.2) is 0 Å². The lowest BCUT2D eigenvalue weighted by Gasteiger charge is -2.28. The highest BCUT2D eigenvalue weighted by molar-refractivity contribution is 5.82. The monoisotopic (exact) mass is 214 g/mol. The van der Waals surface area contributed by atoms with Crippen LogP contribution in [0.5, 0.6) is 0 Å². The number of amides is 1. The van der Waals surface area contributed by atoms with Crippen LogP contribution in [0.25, 0.3) is 0 Å². The van der Waals surface area contributed by atoms with Crippen LogP contribution in [0.3, 0.4) is 0 Å². The molecule has 3 N–H and O–H groups in total. The second-order valence-electron chi connectivity index (χ2n) is 5.53. The van der Waals surface area contributed by atoms with Crippen LogP contribution >= 0.6 is 0 Å². The number of carbonyl (C=O) groups is 1. The molecule has 0 heterocycles. The maximum Gasteiger partial charge on any atom is 0.237 e. The second kappa shape index (κ2) is 5.50. The fraction of sp³-hybridized carbons (Fsp3) is 0.917. The van der Waals surface area contributed by atoms with Crippen molar-refractivity contribution in [2.24, 2.45) is 17.1 Å². The van der Waals surface area contributed by atoms with Crippen molar-refractivity contribution in [1.82, 2.24) is 5.32 Å². The van der Waals surface area contributed by atoms with Gasteiger partial charge in [-0.05, 0) is 18.3 Å². The van der Waals surface area contributed by atoms with E-state index in [2.05, 4.69) is 19.2 Å². The van der Waals surface area contributed by atoms with Gasteiger partial charge >= 0.3 is 0 Å². The van der Waals surface area contributed by atoms with E-state index >= 15 is 0 Å². The topological polar surface area (TPSA) is 55.1 Å². The summed E-state index contributed by atoms with van der Waals surface area (Å²) in [4.78, 5) is 11.8. The minimum absolute atomic E-state index is 0.0460. The van der Waals surface area contributed by atoms with Gasteiger partial charge in [0.25, 0.3) is 0 Å². The summed E-state index contributed by atoms with van der Waals surface area (Å²) in [5, 5.41) is 2.97. The second-order valence-corrected chi connectivity index (χ2v) is 5.53. The third-order valence-corrected chi connectivity index (χ3v) is 3.08. The minimum Gasteiger partial charge on any atom is -0.352 e. The summed E-state index contributed by atoms with van der Waals surface area (Å²) in [6, 6.07) is -0.250. The van der Waals surface area contributed by atoms with Crippen LogP contribution in [-0.4, -0.2) is 18.0 Å². The van der Waals surface area contributed by atoms with Gasteiger partial charge in [-0.1, -0.05) is 41.0 Å². The van der Waals surface area contributed by atoms with E-state index in [1.165, 1.54) is 0 Å². The first-order chi connectivity index (χ1) is 6.70. The van der Waals surface area contributed by atoms with Gasteiger partial charge in [-0.15, -0.1) is 0 Å². The lowest BCUT2D eigenvalue weighted by molar-refractivity contribution is -0.125. The minimum atomic E-state index is -0.441. The Morgan fingerprint density at radius 3 is 2.13 bits per heavy atom. The predicted molar refractivity (Wildman–Crippen MR) is 64.5 cm³/mol. The molecule has 0 aliphatic heterocycles. The summed E-state index contributed by atoms with van der Waals surface area (Å²) in [6.45, 7) is 12.2. The van der Waals surface area contributed by atoms with Gasteiger partial charge in [0.2, 0.25) is 5.91 Å². The lowest BCUT2D eigenvalue weighted by Crippen LogP contribution is -2.51. The van der Waals surface area contributed by atoms with Gasteiger partial charge in [0.05, 0.1) is 6.04 Å². The molecule has 0 aromatic heterocycles. The van der Waals surface area contributed by atoms with Crippen molar-refractivity contribution in [3.63, 3.8) is 0 Å². The highest BCUT2D eigenvalue weighted by Crippen LogP contribution is 2.17. The largest absolute Gasteiger partial charge is 0.352 e. The van der Waals surface area contributed by atoms with E-state index in [-0.39, 0.29) is 17.4 Å². The lowest BCUT2D eigenvalue weighted by atomic mass is 9.86. The van der Waals surface area contributed by atoms with Crippen LogP contribution in [0.1, 0.15) is 48.0 Å². The summed E-state index contributed by atoms with van der Waals surface area (Å²) in [5.74, 6) is 0.441. The van der Waals surface area contributed by atoms with Crippen molar-refractivity contribution < 1.29 is 4.79 Å². The highest BCUT2D eigenvalue weighted by Gasteiger charge is 2.28. The number of nitrogens with two attached hydrogens (primary N) is 1. The molecule has 0 aliphatic rings. The SMILES string of the molecule is CCC(C)C(C)NC(=O)[C@H](N)C(C)(C)C. The zero-order chi connectivity index (χ0) is 12.2. The molecule has 3 atom stereocenters. The van der Waals surface area contributed by atoms with Gasteiger partial charge < -0.3 is 11.1 Å². The normalized spacial score (nSPS) is 18.1. The van der Waals surface area contributed by atoms with Crippen LogP contribution in [0, 0.1) is 11.3 Å². The average molecular weight is 214 g/mol. The number of hydrogen-bond donors (Lipinski definition) is 2. The molecule has 0 bridgehead atoms. The molecule has 0 spiro atoms. The molecule has 0 saturated carbocycles. The Kier molecular flexibility index (Phi) is 5.29. The van der Waals surface area contributed by atoms with E-state index < -0.39 is 6.04 Å². The number of rotatable bonds is 4. The van der Waals surface area contributed by atoms with Gasteiger partial charge in [-0.25, -0.2) is 0 Å². The zero-order valence-electron chi connectivity index (χ0n) is 10.9. The molecule has 90 valence electrons. The zero-order valence-corrected chi connectivity index (χ0v) is 10.9. The summed E-state index contributed by atoms with van der Waals surface area (Å²) in [7, 11) is 0. The van der Waals surface area contributed by atoms with E-state index in [4.69, 9.17) is 5.73 Å². The first kappa shape index (κ1) is 14.4. The summed E-state index contributed by atoms with van der Waals surface area (Å²) in [5.41, 5.74) is 5.69. The van der Waals surface area contributed by atoms with Gasteiger partial charge in [0, 0.05) is 6.04 Å². The third-order valence-electron chi connectivity index (χ3n) is 3.08. The van der Waals surface area contributed by atoms with E-state index in [0.717, 1.165) is 6.42 Å². The Labute approximate surface area is 93.8 Å². The van der Waals surface area contributed by atoms with Crippen LogP contribution in [0.4, 0.5) is 0 Å². The number of hydrogen-bond acceptors (Lipinski definition) is 2. The summed E-state index contributed by atoms with van der Waals surface area (Å²) >= 11 is 0. The molecule has 3 heteroatoms. The fourth-order valence-corrected chi connectivity index (χ4v) is 1.20. The fourth-order valence-electron chi connectivity index (χ4n) is 1.20. The molecule has 0 aromatic carbocycles. The van der Waals surface area contributed by atoms with E-state index in [9.17, 15) is 4.79 Å². The average Bonchev–Trinajstić information content (AvgIpc) is 2.13. The van der Waals surface area contributed by atoms with Crippen LogP contribution < -0.4 is 11.1 Å². The Balaban J connectivity index is 4.26. The van der Waals surface area contributed by atoms with Crippen molar-refractivity contribution in [1.29, 1.82) is 0 Å². The quantitative estimate of drug-likeness (QED) is 0.751. The number of carbonyl (C=O) groups excluding carboxylic acids is 1. The van der Waals surface area contributed by atoms with Gasteiger partial charge in [-0.2, -0.15) is 0 Å². The molecule has 0 radical (unpaired) electrons. The van der Waals surface area contributed by atoms with Crippen molar-refractivity contribution in [3.05, 3.63) is 0 Å². The maximum absolute atomic E-state index is 11.8. The van der Waals surface area contributed by atoms with Gasteiger partial charge in [0.1, 0.15) is 0 Å². The van der Waals surface area contributed by atoms with Crippen molar-refractivity contribution >= 4 is 5.91 Å². The smallest absolute Gasteiger partial charge is 0.237 e. The molecule has 0 aromatic rings. The van der Waals surface area contributed by atoms with Crippen molar-refractivity contribution in [3.8, 4) is 0 Å². The van der Waals surface area contributed by atoms with Gasteiger partial charge in [-0.3, -0.25) is 4.79 Å². The molecule has 1 amide bonds. The molecule has 2 unspecified atom stereocenters. The molecular weight excluding hydrogens is 188 g/mol. The van der Waals surface area contributed by atoms with E-state index in [1.807, 2.05) is 27.7 Å². The number of nitrogens with one attached hydrogen (secondary N) is 1. The molecule has 0 rings (SSSR count). The van der Waals surface area contributed by atoms with Crippen molar-refractivity contribution in [2.45, 2.75) is 60.0 Å². The predicted octanol–water partition coefficient (Wildman–Crippen LogP) is 1.91. The van der Waals surface area contributed by atoms with Crippen molar-refractivity contribution in [2.75, 3.05) is 0 Å². The molecule has 0 saturated heterocycles. The maximum atomic E-state index is 11.8. The summed E-state index contributed by atoms with van der Waals surface area (Å²) < 4.78 is 0. The first-order valence-corrected chi connectivity index (χ1v) is 5.76. The van der Waals surface area contributed by atoms with E-state index in [1.54, 1.807) is 0 Å². The molecule has 15 heavy (non-hydrogen) atoms. The standard InChI is InChI=1S/C12H26N2O/c1-7-8(2)9(3)14-11(15)10(13)12(4,5)6/h8-10H,7,13H2,1-6H3,(H,14,15)/t8?,9?,10-/m0/s1. The third kappa shape index (κ3) is 4.65. The Morgan fingerprint density at radius 1 is 1.33 bits per heavy atom. The molecular formula is C12H26N2O. The van der Waals surface area contributed by atoms with E-state index in [0.29, 0.717) is 5.92 Å². The molecule has 0 fully saturated rings. The highest BCUT2D eigenvalue weighted by atomic mass is 16.2.